The zero-order valence-electron chi connectivity index (χ0n) is 10.7. The van der Waals surface area contributed by atoms with Gasteiger partial charge in [0.05, 0.1) is 0 Å². The molecule has 3 rings (SSSR count). The van der Waals surface area contributed by atoms with Crippen molar-refractivity contribution in [2.75, 3.05) is 0 Å². The van der Waals surface area contributed by atoms with Crippen LogP contribution in [0.15, 0.2) is 40.9 Å². The minimum atomic E-state index is -0.664. The van der Waals surface area contributed by atoms with E-state index in [1.807, 2.05) is 0 Å². The summed E-state index contributed by atoms with van der Waals surface area (Å²) < 4.78 is 1.23. The van der Waals surface area contributed by atoms with Gasteiger partial charge < -0.3 is 10.4 Å². The topological polar surface area (TPSA) is 96.6 Å². The van der Waals surface area contributed by atoms with Crippen molar-refractivity contribution in [2.45, 2.75) is 6.54 Å². The van der Waals surface area contributed by atoms with Gasteiger partial charge in [-0.3, -0.25) is 19.0 Å². The highest BCUT2D eigenvalue weighted by Crippen LogP contribution is 2.14. The number of carbonyl (C=O) groups excluding carboxylic acids is 1. The zero-order chi connectivity index (χ0) is 14.8. The number of rotatable bonds is 3. The van der Waals surface area contributed by atoms with E-state index >= 15 is 0 Å². The summed E-state index contributed by atoms with van der Waals surface area (Å²) in [5.41, 5.74) is -0.117. The fourth-order valence-electron chi connectivity index (χ4n) is 1.84. The molecule has 3 aromatic heterocycles. The lowest BCUT2D eigenvalue weighted by Gasteiger charge is -2.06. The maximum absolute atomic E-state index is 12.2. The molecule has 3 aromatic rings. The molecular formula is C13H10N4O3S. The number of fused-ring (bicyclic) bond motifs is 1. The first-order chi connectivity index (χ1) is 10.2. The minimum Gasteiger partial charge on any atom is -0.492 e. The van der Waals surface area contributed by atoms with E-state index in [-0.39, 0.29) is 12.1 Å². The second-order valence-corrected chi connectivity index (χ2v) is 5.08. The molecule has 106 valence electrons. The molecule has 0 aliphatic rings. The summed E-state index contributed by atoms with van der Waals surface area (Å²) in [6.07, 6.45) is 4.72. The lowest BCUT2D eigenvalue weighted by molar-refractivity contribution is 0.0945. The summed E-state index contributed by atoms with van der Waals surface area (Å²) in [7, 11) is 0. The van der Waals surface area contributed by atoms with Crippen LogP contribution < -0.4 is 10.9 Å². The van der Waals surface area contributed by atoms with Gasteiger partial charge in [0.25, 0.3) is 11.5 Å². The Morgan fingerprint density at radius 3 is 2.90 bits per heavy atom. The molecule has 0 aromatic carbocycles. The van der Waals surface area contributed by atoms with E-state index in [1.165, 1.54) is 21.9 Å². The Morgan fingerprint density at radius 2 is 2.14 bits per heavy atom. The lowest BCUT2D eigenvalue weighted by Crippen LogP contribution is -2.31. The minimum absolute atomic E-state index is 0.229. The number of nitrogens with one attached hydrogen (secondary N) is 1. The Balaban J connectivity index is 1.89. The molecule has 2 N–H and O–H groups in total. The van der Waals surface area contributed by atoms with Gasteiger partial charge in [-0.15, -0.1) is 11.3 Å². The second-order valence-electron chi connectivity index (χ2n) is 4.21. The molecule has 8 heteroatoms. The van der Waals surface area contributed by atoms with Crippen LogP contribution in [0.2, 0.25) is 0 Å². The molecule has 0 bridgehead atoms. The SMILES string of the molecule is O=C(NCc1ccncc1)c1c(O)nc2sccn2c1=O. The van der Waals surface area contributed by atoms with Gasteiger partial charge >= 0.3 is 0 Å². The average molecular weight is 302 g/mol. The molecule has 0 spiro atoms. The largest absolute Gasteiger partial charge is 0.492 e. The molecule has 3 heterocycles. The van der Waals surface area contributed by atoms with Gasteiger partial charge in [-0.1, -0.05) is 0 Å². The summed E-state index contributed by atoms with van der Waals surface area (Å²) in [4.78, 5) is 32.3. The van der Waals surface area contributed by atoms with Crippen LogP contribution in [0.4, 0.5) is 0 Å². The van der Waals surface area contributed by atoms with E-state index in [0.717, 1.165) is 5.56 Å². The van der Waals surface area contributed by atoms with E-state index in [4.69, 9.17) is 0 Å². The number of pyridine rings is 1. The Hall–Kier alpha value is -2.74. The molecule has 0 aliphatic carbocycles. The first-order valence-corrected chi connectivity index (χ1v) is 6.90. The smallest absolute Gasteiger partial charge is 0.275 e. The summed E-state index contributed by atoms with van der Waals surface area (Å²) in [6, 6.07) is 3.49. The molecule has 0 fully saturated rings. The van der Waals surface area contributed by atoms with Gasteiger partial charge in [0.2, 0.25) is 5.88 Å². The van der Waals surface area contributed by atoms with Crippen molar-refractivity contribution in [1.29, 1.82) is 0 Å². The van der Waals surface area contributed by atoms with Crippen LogP contribution in [0, 0.1) is 0 Å². The molecule has 0 saturated carbocycles. The Labute approximate surface area is 122 Å². The molecule has 0 saturated heterocycles. The molecular weight excluding hydrogens is 292 g/mol. The van der Waals surface area contributed by atoms with E-state index in [1.54, 1.807) is 29.9 Å². The Morgan fingerprint density at radius 1 is 1.38 bits per heavy atom. The van der Waals surface area contributed by atoms with Gasteiger partial charge in [-0.2, -0.15) is 4.98 Å². The second kappa shape index (κ2) is 5.33. The third-order valence-corrected chi connectivity index (χ3v) is 3.63. The lowest BCUT2D eigenvalue weighted by atomic mass is 10.2. The van der Waals surface area contributed by atoms with Crippen LogP contribution in [0.5, 0.6) is 5.88 Å². The molecule has 0 radical (unpaired) electrons. The zero-order valence-corrected chi connectivity index (χ0v) is 11.5. The van der Waals surface area contributed by atoms with Gasteiger partial charge in [-0.05, 0) is 17.7 Å². The molecule has 1 amide bonds. The number of carbonyl (C=O) groups is 1. The maximum atomic E-state index is 12.2. The predicted octanol–water partition coefficient (Wildman–Crippen LogP) is 0.787. The quantitative estimate of drug-likeness (QED) is 0.745. The molecule has 0 atom stereocenters. The Bertz CT molecular complexity index is 857. The van der Waals surface area contributed by atoms with Crippen molar-refractivity contribution >= 4 is 22.2 Å². The normalized spacial score (nSPS) is 10.7. The first-order valence-electron chi connectivity index (χ1n) is 6.03. The van der Waals surface area contributed by atoms with Crippen LogP contribution in [0.3, 0.4) is 0 Å². The number of nitrogens with zero attached hydrogens (tertiary/aromatic N) is 3. The first kappa shape index (κ1) is 13.3. The number of amides is 1. The van der Waals surface area contributed by atoms with Crippen molar-refractivity contribution < 1.29 is 9.90 Å². The van der Waals surface area contributed by atoms with Gasteiger partial charge in [0.15, 0.2) is 10.5 Å². The highest BCUT2D eigenvalue weighted by Gasteiger charge is 2.19. The van der Waals surface area contributed by atoms with Gasteiger partial charge in [-0.25, -0.2) is 0 Å². The fraction of sp³-hybridized carbons (Fsp3) is 0.0769. The van der Waals surface area contributed by atoms with Crippen molar-refractivity contribution in [1.82, 2.24) is 19.7 Å². The standard InChI is InChI=1S/C13H10N4O3S/c18-10(15-7-8-1-3-14-4-2-8)9-11(19)16-13-17(12(9)20)5-6-21-13/h1-6,19H,7H2,(H,15,18). The molecule has 0 unspecified atom stereocenters. The van der Waals surface area contributed by atoms with E-state index in [0.29, 0.717) is 4.96 Å². The average Bonchev–Trinajstić information content (AvgIpc) is 2.94. The number of hydrogen-bond donors (Lipinski definition) is 2. The van der Waals surface area contributed by atoms with Crippen molar-refractivity contribution in [3.63, 3.8) is 0 Å². The van der Waals surface area contributed by atoms with Gasteiger partial charge in [0.1, 0.15) is 0 Å². The summed E-state index contributed by atoms with van der Waals surface area (Å²) in [5, 5.41) is 14.0. The van der Waals surface area contributed by atoms with Crippen LogP contribution in [-0.2, 0) is 6.54 Å². The molecule has 7 nitrogen and oxygen atoms in total. The third-order valence-electron chi connectivity index (χ3n) is 2.88. The van der Waals surface area contributed by atoms with Crippen LogP contribution in [-0.4, -0.2) is 25.4 Å². The molecule has 0 aliphatic heterocycles. The van der Waals surface area contributed by atoms with E-state index in [2.05, 4.69) is 15.3 Å². The number of hydrogen-bond acceptors (Lipinski definition) is 6. The Kier molecular flexibility index (Phi) is 3.36. The highest BCUT2D eigenvalue weighted by molar-refractivity contribution is 7.15. The van der Waals surface area contributed by atoms with Crippen molar-refractivity contribution in [3.8, 4) is 5.88 Å². The summed E-state index contributed by atoms with van der Waals surface area (Å²) >= 11 is 1.20. The number of thiazole rings is 1. The summed E-state index contributed by atoms with van der Waals surface area (Å²) in [6.45, 7) is 0.229. The van der Waals surface area contributed by atoms with E-state index in [9.17, 15) is 14.7 Å². The predicted molar refractivity (Wildman–Crippen MR) is 76.4 cm³/mol. The number of aromatic nitrogens is 3. The fourth-order valence-corrected chi connectivity index (χ4v) is 2.54. The summed E-state index contributed by atoms with van der Waals surface area (Å²) in [5.74, 6) is -1.22. The highest BCUT2D eigenvalue weighted by atomic mass is 32.1. The molecule has 21 heavy (non-hydrogen) atoms. The maximum Gasteiger partial charge on any atom is 0.275 e. The number of aromatic hydroxyl groups is 1. The van der Waals surface area contributed by atoms with Crippen LogP contribution in [0.1, 0.15) is 15.9 Å². The third kappa shape index (κ3) is 2.48. The van der Waals surface area contributed by atoms with Crippen LogP contribution in [0.25, 0.3) is 4.96 Å². The van der Waals surface area contributed by atoms with Gasteiger partial charge in [0, 0.05) is 30.5 Å². The van der Waals surface area contributed by atoms with E-state index < -0.39 is 17.3 Å². The van der Waals surface area contributed by atoms with Crippen molar-refractivity contribution in [3.05, 3.63) is 57.6 Å². The van der Waals surface area contributed by atoms with Crippen LogP contribution >= 0.6 is 11.3 Å². The monoisotopic (exact) mass is 302 g/mol. The van der Waals surface area contributed by atoms with Crippen molar-refractivity contribution in [2.24, 2.45) is 0 Å².